The van der Waals surface area contributed by atoms with Crippen LogP contribution in [0.15, 0.2) is 29.3 Å². The van der Waals surface area contributed by atoms with E-state index in [0.717, 1.165) is 17.7 Å². The molecule has 0 saturated heterocycles. The fourth-order valence-electron chi connectivity index (χ4n) is 2.42. The maximum atomic E-state index is 12.1. The van der Waals surface area contributed by atoms with Crippen molar-refractivity contribution in [2.24, 2.45) is 10.9 Å². The van der Waals surface area contributed by atoms with Crippen LogP contribution in [0, 0.1) is 5.92 Å². The molecule has 0 fully saturated rings. The molecule has 1 heterocycles. The highest BCUT2D eigenvalue weighted by atomic mass is 32.1. The Kier molecular flexibility index (Phi) is 5.49. The summed E-state index contributed by atoms with van der Waals surface area (Å²) in [5.41, 5.74) is 1.60. The van der Waals surface area contributed by atoms with E-state index in [1.165, 1.54) is 7.11 Å². The van der Waals surface area contributed by atoms with Crippen LogP contribution >= 0.6 is 12.2 Å². The predicted molar refractivity (Wildman–Crippen MR) is 89.3 cm³/mol. The van der Waals surface area contributed by atoms with Gasteiger partial charge in [0.1, 0.15) is 11.7 Å². The van der Waals surface area contributed by atoms with Crippen LogP contribution in [0.5, 0.6) is 5.75 Å². The molecule has 118 valence electrons. The quantitative estimate of drug-likeness (QED) is 0.667. The lowest BCUT2D eigenvalue weighted by Crippen LogP contribution is -2.43. The summed E-state index contributed by atoms with van der Waals surface area (Å²) >= 11 is 5.14. The predicted octanol–water partition coefficient (Wildman–Crippen LogP) is 2.65. The summed E-state index contributed by atoms with van der Waals surface area (Å²) in [7, 11) is 1.38. The summed E-state index contributed by atoms with van der Waals surface area (Å²) in [6.07, 6.45) is 0.959. The molecule has 1 aliphatic heterocycles. The number of nitrogens with zero attached hydrogens (tertiary/aromatic N) is 1. The van der Waals surface area contributed by atoms with E-state index in [1.54, 1.807) is 6.92 Å². The van der Waals surface area contributed by atoms with Crippen LogP contribution in [0.1, 0.15) is 31.9 Å². The highest BCUT2D eigenvalue weighted by molar-refractivity contribution is 7.80. The summed E-state index contributed by atoms with van der Waals surface area (Å²) in [4.78, 5) is 16.2. The number of ether oxygens (including phenoxy) is 2. The third kappa shape index (κ3) is 3.62. The molecule has 22 heavy (non-hydrogen) atoms. The molecule has 2 rings (SSSR count). The Balaban J connectivity index is 2.26. The van der Waals surface area contributed by atoms with Gasteiger partial charge in [0, 0.05) is 5.71 Å². The number of thiocarbonyl (C=S) groups is 1. The second-order valence-electron chi connectivity index (χ2n) is 5.10. The second kappa shape index (κ2) is 7.35. The van der Waals surface area contributed by atoms with Gasteiger partial charge in [-0.3, -0.25) is 4.79 Å². The van der Waals surface area contributed by atoms with Gasteiger partial charge in [-0.25, -0.2) is 4.99 Å². The van der Waals surface area contributed by atoms with E-state index in [1.807, 2.05) is 24.3 Å². The SMILES string of the molecule is CCCOc1ccc(C2NC(=S)N=C(C)C2C(=O)OC)cc1. The fraction of sp³-hybridized carbons (Fsp3) is 0.438. The molecule has 5 nitrogen and oxygen atoms in total. The zero-order chi connectivity index (χ0) is 16.1. The van der Waals surface area contributed by atoms with Crippen molar-refractivity contribution < 1.29 is 14.3 Å². The molecule has 1 aromatic rings. The summed E-state index contributed by atoms with van der Waals surface area (Å²) < 4.78 is 10.5. The molecule has 1 aromatic carbocycles. The van der Waals surface area contributed by atoms with Gasteiger partial charge in [0.15, 0.2) is 5.11 Å². The third-order valence-corrected chi connectivity index (χ3v) is 3.72. The lowest BCUT2D eigenvalue weighted by molar-refractivity contribution is -0.143. The number of methoxy groups -OCH3 is 1. The number of rotatable bonds is 5. The van der Waals surface area contributed by atoms with Gasteiger partial charge in [-0.1, -0.05) is 19.1 Å². The first-order valence-electron chi connectivity index (χ1n) is 7.23. The van der Waals surface area contributed by atoms with Gasteiger partial charge >= 0.3 is 5.97 Å². The lowest BCUT2D eigenvalue weighted by atomic mass is 9.88. The molecule has 1 N–H and O–H groups in total. The third-order valence-electron chi connectivity index (χ3n) is 3.51. The van der Waals surface area contributed by atoms with Crippen molar-refractivity contribution in [1.29, 1.82) is 0 Å². The summed E-state index contributed by atoms with van der Waals surface area (Å²) in [5, 5.41) is 3.48. The second-order valence-corrected chi connectivity index (χ2v) is 5.49. The topological polar surface area (TPSA) is 59.9 Å². The highest BCUT2D eigenvalue weighted by Gasteiger charge is 2.36. The standard InChI is InChI=1S/C16H20N2O3S/c1-4-9-21-12-7-5-11(6-8-12)14-13(15(19)20-3)10(2)17-16(22)18-14/h5-8,13-14H,4,9H2,1-3H3,(H,18,22). The summed E-state index contributed by atoms with van der Waals surface area (Å²) in [6, 6.07) is 7.37. The van der Waals surface area contributed by atoms with Crippen LogP contribution in [-0.2, 0) is 9.53 Å². The van der Waals surface area contributed by atoms with Gasteiger partial charge in [-0.2, -0.15) is 0 Å². The van der Waals surface area contributed by atoms with Crippen LogP contribution in [0.4, 0.5) is 0 Å². The number of aliphatic imine (C=N–C) groups is 1. The van der Waals surface area contributed by atoms with Crippen molar-refractivity contribution in [3.05, 3.63) is 29.8 Å². The number of carbonyl (C=O) groups is 1. The fourth-order valence-corrected chi connectivity index (χ4v) is 2.69. The van der Waals surface area contributed by atoms with Crippen LogP contribution in [0.25, 0.3) is 0 Å². The van der Waals surface area contributed by atoms with E-state index in [4.69, 9.17) is 21.7 Å². The number of esters is 1. The van der Waals surface area contributed by atoms with E-state index >= 15 is 0 Å². The Morgan fingerprint density at radius 1 is 1.36 bits per heavy atom. The van der Waals surface area contributed by atoms with Gasteiger partial charge in [-0.05, 0) is 43.3 Å². The minimum atomic E-state index is -0.487. The first-order valence-corrected chi connectivity index (χ1v) is 7.64. The van der Waals surface area contributed by atoms with Gasteiger partial charge in [0.25, 0.3) is 0 Å². The number of hydrogen-bond donors (Lipinski definition) is 1. The Bertz CT molecular complexity index is 584. The van der Waals surface area contributed by atoms with Crippen molar-refractivity contribution in [3.8, 4) is 5.75 Å². The molecule has 2 unspecified atom stereocenters. The maximum Gasteiger partial charge on any atom is 0.316 e. The van der Waals surface area contributed by atoms with Gasteiger partial charge < -0.3 is 14.8 Å². The van der Waals surface area contributed by atoms with E-state index < -0.39 is 5.92 Å². The minimum absolute atomic E-state index is 0.280. The molecule has 0 aromatic heterocycles. The van der Waals surface area contributed by atoms with Gasteiger partial charge in [0.05, 0.1) is 19.8 Å². The average Bonchev–Trinajstić information content (AvgIpc) is 2.52. The number of benzene rings is 1. The number of hydrogen-bond acceptors (Lipinski definition) is 4. The molecule has 6 heteroatoms. The Morgan fingerprint density at radius 2 is 2.05 bits per heavy atom. The molecule has 0 saturated carbocycles. The average molecular weight is 320 g/mol. The highest BCUT2D eigenvalue weighted by Crippen LogP contribution is 2.29. The Morgan fingerprint density at radius 3 is 2.64 bits per heavy atom. The first kappa shape index (κ1) is 16.4. The normalized spacial score (nSPS) is 20.9. The van der Waals surface area contributed by atoms with Crippen LogP contribution in [-0.4, -0.2) is 30.5 Å². The Hall–Kier alpha value is -1.95. The van der Waals surface area contributed by atoms with Crippen molar-refractivity contribution in [2.45, 2.75) is 26.3 Å². The van der Waals surface area contributed by atoms with Gasteiger partial charge in [0.2, 0.25) is 0 Å². The van der Waals surface area contributed by atoms with E-state index in [9.17, 15) is 4.79 Å². The number of nitrogens with one attached hydrogen (secondary N) is 1. The molecular formula is C16H20N2O3S. The number of carbonyl (C=O) groups excluding carboxylic acids is 1. The monoisotopic (exact) mass is 320 g/mol. The first-order chi connectivity index (χ1) is 10.6. The van der Waals surface area contributed by atoms with Crippen LogP contribution < -0.4 is 10.1 Å². The molecule has 0 bridgehead atoms. The molecule has 0 amide bonds. The van der Waals surface area contributed by atoms with Crippen molar-refractivity contribution in [2.75, 3.05) is 13.7 Å². The molecule has 0 spiro atoms. The van der Waals surface area contributed by atoms with Crippen molar-refractivity contribution in [3.63, 3.8) is 0 Å². The van der Waals surface area contributed by atoms with Crippen molar-refractivity contribution >= 4 is 29.0 Å². The zero-order valence-corrected chi connectivity index (χ0v) is 13.8. The maximum absolute atomic E-state index is 12.1. The molecular weight excluding hydrogens is 300 g/mol. The van der Waals surface area contributed by atoms with E-state index in [-0.39, 0.29) is 12.0 Å². The Labute approximate surface area is 135 Å². The summed E-state index contributed by atoms with van der Waals surface area (Å²) in [5.74, 6) is -0.00402. The van der Waals surface area contributed by atoms with Crippen molar-refractivity contribution in [1.82, 2.24) is 5.32 Å². The molecule has 0 radical (unpaired) electrons. The van der Waals surface area contributed by atoms with Crippen LogP contribution in [0.2, 0.25) is 0 Å². The molecule has 2 atom stereocenters. The zero-order valence-electron chi connectivity index (χ0n) is 13.0. The van der Waals surface area contributed by atoms with E-state index in [2.05, 4.69) is 17.2 Å². The van der Waals surface area contributed by atoms with Crippen LogP contribution in [0.3, 0.4) is 0 Å². The molecule has 0 aliphatic carbocycles. The van der Waals surface area contributed by atoms with E-state index in [0.29, 0.717) is 17.4 Å². The van der Waals surface area contributed by atoms with Gasteiger partial charge in [-0.15, -0.1) is 0 Å². The lowest BCUT2D eigenvalue weighted by Gasteiger charge is -2.30. The minimum Gasteiger partial charge on any atom is -0.494 e. The largest absolute Gasteiger partial charge is 0.494 e. The molecule has 1 aliphatic rings. The summed E-state index contributed by atoms with van der Waals surface area (Å²) in [6.45, 7) is 4.53. The smallest absolute Gasteiger partial charge is 0.316 e.